The van der Waals surface area contributed by atoms with Gasteiger partial charge in [0.25, 0.3) is 0 Å². The van der Waals surface area contributed by atoms with Gasteiger partial charge in [0, 0.05) is 13.1 Å². The Morgan fingerprint density at radius 1 is 1.33 bits per heavy atom. The number of piperidine rings is 1. The molecule has 1 heterocycles. The lowest BCUT2D eigenvalue weighted by Gasteiger charge is -2.34. The van der Waals surface area contributed by atoms with E-state index in [9.17, 15) is 17.2 Å². The van der Waals surface area contributed by atoms with Crippen LogP contribution >= 0.6 is 12.4 Å². The van der Waals surface area contributed by atoms with Gasteiger partial charge in [0.1, 0.15) is 11.6 Å². The Bertz CT molecular complexity index is 570. The molecule has 1 fully saturated rings. The first-order valence-corrected chi connectivity index (χ1v) is 7.97. The van der Waals surface area contributed by atoms with E-state index in [4.69, 9.17) is 0 Å². The summed E-state index contributed by atoms with van der Waals surface area (Å²) in [6.07, 6.45) is 1.81. The second-order valence-electron chi connectivity index (χ2n) is 5.47. The molecule has 2 N–H and O–H groups in total. The molecule has 1 aromatic carbocycles. The summed E-state index contributed by atoms with van der Waals surface area (Å²) in [4.78, 5) is -0.910. The van der Waals surface area contributed by atoms with Crippen LogP contribution in [0.5, 0.6) is 0 Å². The Balaban J connectivity index is 0.00000220. The zero-order chi connectivity index (χ0) is 14.8. The lowest BCUT2D eigenvalue weighted by molar-refractivity contribution is 0.238. The molecule has 0 bridgehead atoms. The largest absolute Gasteiger partial charge is 0.316 e. The molecule has 8 heteroatoms. The van der Waals surface area contributed by atoms with Crippen molar-refractivity contribution in [2.45, 2.75) is 24.7 Å². The molecule has 1 aromatic rings. The van der Waals surface area contributed by atoms with Crippen molar-refractivity contribution in [3.63, 3.8) is 0 Å². The van der Waals surface area contributed by atoms with Crippen molar-refractivity contribution in [3.8, 4) is 0 Å². The number of hydrogen-bond acceptors (Lipinski definition) is 3. The van der Waals surface area contributed by atoms with E-state index < -0.39 is 26.6 Å². The Labute approximate surface area is 129 Å². The van der Waals surface area contributed by atoms with Crippen LogP contribution in [-0.2, 0) is 10.0 Å². The Morgan fingerprint density at radius 2 is 1.95 bits per heavy atom. The number of hydrogen-bond donors (Lipinski definition) is 2. The summed E-state index contributed by atoms with van der Waals surface area (Å²) in [5, 5.41) is 3.19. The van der Waals surface area contributed by atoms with E-state index in [2.05, 4.69) is 10.0 Å². The van der Waals surface area contributed by atoms with Crippen LogP contribution in [0, 0.1) is 17.0 Å². The first kappa shape index (κ1) is 18.3. The molecule has 0 radical (unpaired) electrons. The summed E-state index contributed by atoms with van der Waals surface area (Å²) in [7, 11) is -4.19. The number of halogens is 3. The van der Waals surface area contributed by atoms with Gasteiger partial charge in [0.15, 0.2) is 4.90 Å². The minimum Gasteiger partial charge on any atom is -0.316 e. The summed E-state index contributed by atoms with van der Waals surface area (Å²) in [5.41, 5.74) is -0.243. The SMILES string of the molecule is CC1(CNS(=O)(=O)c2c(F)cccc2F)CCCNC1.Cl. The average molecular weight is 341 g/mol. The van der Waals surface area contributed by atoms with Crippen LogP contribution in [0.15, 0.2) is 23.1 Å². The highest BCUT2D eigenvalue weighted by Crippen LogP contribution is 2.25. The highest BCUT2D eigenvalue weighted by molar-refractivity contribution is 7.89. The molecule has 0 aliphatic carbocycles. The number of benzene rings is 1. The van der Waals surface area contributed by atoms with Crippen LogP contribution in [0.4, 0.5) is 8.78 Å². The van der Waals surface area contributed by atoms with E-state index in [0.717, 1.165) is 37.6 Å². The van der Waals surface area contributed by atoms with Crippen LogP contribution in [-0.4, -0.2) is 28.1 Å². The predicted molar refractivity (Wildman–Crippen MR) is 79.0 cm³/mol. The molecule has 1 saturated heterocycles. The van der Waals surface area contributed by atoms with Gasteiger partial charge in [-0.1, -0.05) is 13.0 Å². The lowest BCUT2D eigenvalue weighted by atomic mass is 9.83. The summed E-state index contributed by atoms with van der Waals surface area (Å²) in [5.74, 6) is -2.16. The molecule has 1 unspecified atom stereocenters. The van der Waals surface area contributed by atoms with Gasteiger partial charge in [-0.15, -0.1) is 12.4 Å². The topological polar surface area (TPSA) is 58.2 Å². The van der Waals surface area contributed by atoms with Crippen LogP contribution in [0.1, 0.15) is 19.8 Å². The lowest BCUT2D eigenvalue weighted by Crippen LogP contribution is -2.45. The minimum atomic E-state index is -4.19. The fourth-order valence-corrected chi connectivity index (χ4v) is 3.68. The first-order chi connectivity index (χ1) is 9.34. The summed E-state index contributed by atoms with van der Waals surface area (Å²) >= 11 is 0. The van der Waals surface area contributed by atoms with Crippen molar-refractivity contribution < 1.29 is 17.2 Å². The zero-order valence-electron chi connectivity index (χ0n) is 11.7. The van der Waals surface area contributed by atoms with E-state index in [1.807, 2.05) is 6.92 Å². The van der Waals surface area contributed by atoms with Crippen molar-refractivity contribution in [1.29, 1.82) is 0 Å². The second-order valence-corrected chi connectivity index (χ2v) is 7.17. The molecule has 4 nitrogen and oxygen atoms in total. The highest BCUT2D eigenvalue weighted by Gasteiger charge is 2.30. The fraction of sp³-hybridized carbons (Fsp3) is 0.538. The molecule has 120 valence electrons. The third kappa shape index (κ3) is 4.35. The number of nitrogens with one attached hydrogen (secondary N) is 2. The van der Waals surface area contributed by atoms with Gasteiger partial charge in [0.05, 0.1) is 0 Å². The Kier molecular flexibility index (Phi) is 6.10. The van der Waals surface area contributed by atoms with Crippen LogP contribution < -0.4 is 10.0 Å². The van der Waals surface area contributed by atoms with E-state index in [1.165, 1.54) is 0 Å². The monoisotopic (exact) mass is 340 g/mol. The van der Waals surface area contributed by atoms with Gasteiger partial charge in [0.2, 0.25) is 10.0 Å². The van der Waals surface area contributed by atoms with Crippen LogP contribution in [0.25, 0.3) is 0 Å². The van der Waals surface area contributed by atoms with Crippen molar-refractivity contribution >= 4 is 22.4 Å². The molecule has 0 spiro atoms. The summed E-state index contributed by atoms with van der Waals surface area (Å²) in [6.45, 7) is 3.68. The van der Waals surface area contributed by atoms with Gasteiger partial charge in [-0.2, -0.15) is 0 Å². The van der Waals surface area contributed by atoms with Crippen LogP contribution in [0.3, 0.4) is 0 Å². The van der Waals surface area contributed by atoms with Gasteiger partial charge in [-0.05, 0) is 36.9 Å². The van der Waals surface area contributed by atoms with E-state index in [-0.39, 0.29) is 24.4 Å². The first-order valence-electron chi connectivity index (χ1n) is 6.48. The van der Waals surface area contributed by atoms with Gasteiger partial charge in [-0.25, -0.2) is 21.9 Å². The standard InChI is InChI=1S/C13H18F2N2O2S.ClH/c1-13(6-3-7-16-8-13)9-17-20(18,19)12-10(14)4-2-5-11(12)15;/h2,4-5,16-17H,3,6-9H2,1H3;1H. The third-order valence-corrected chi connectivity index (χ3v) is 5.01. The molecular formula is C13H19ClF2N2O2S. The van der Waals surface area contributed by atoms with E-state index >= 15 is 0 Å². The van der Waals surface area contributed by atoms with Crippen molar-refractivity contribution in [2.24, 2.45) is 5.41 Å². The Hall–Kier alpha value is -0.760. The maximum Gasteiger partial charge on any atom is 0.246 e. The zero-order valence-corrected chi connectivity index (χ0v) is 13.3. The molecule has 0 aromatic heterocycles. The average Bonchev–Trinajstić information content (AvgIpc) is 2.37. The third-order valence-electron chi connectivity index (χ3n) is 3.56. The molecule has 0 saturated carbocycles. The number of rotatable bonds is 4. The molecule has 2 rings (SSSR count). The molecule has 1 aliphatic rings. The van der Waals surface area contributed by atoms with Crippen molar-refractivity contribution in [3.05, 3.63) is 29.8 Å². The van der Waals surface area contributed by atoms with E-state index in [0.29, 0.717) is 6.54 Å². The molecule has 0 amide bonds. The summed E-state index contributed by atoms with van der Waals surface area (Å²) < 4.78 is 53.5. The van der Waals surface area contributed by atoms with Gasteiger partial charge < -0.3 is 5.32 Å². The second kappa shape index (κ2) is 7.00. The summed E-state index contributed by atoms with van der Waals surface area (Å²) in [6, 6.07) is 3.00. The maximum absolute atomic E-state index is 13.5. The van der Waals surface area contributed by atoms with Gasteiger partial charge >= 0.3 is 0 Å². The van der Waals surface area contributed by atoms with Crippen molar-refractivity contribution in [1.82, 2.24) is 10.0 Å². The minimum absolute atomic E-state index is 0. The maximum atomic E-state index is 13.5. The molecular weight excluding hydrogens is 322 g/mol. The smallest absolute Gasteiger partial charge is 0.246 e. The molecule has 1 atom stereocenters. The van der Waals surface area contributed by atoms with Gasteiger partial charge in [-0.3, -0.25) is 0 Å². The molecule has 21 heavy (non-hydrogen) atoms. The van der Waals surface area contributed by atoms with E-state index in [1.54, 1.807) is 0 Å². The Morgan fingerprint density at radius 3 is 2.48 bits per heavy atom. The quantitative estimate of drug-likeness (QED) is 0.882. The normalized spacial score (nSPS) is 22.6. The van der Waals surface area contributed by atoms with Crippen molar-refractivity contribution in [2.75, 3.05) is 19.6 Å². The number of sulfonamides is 1. The van der Waals surface area contributed by atoms with Crippen LogP contribution in [0.2, 0.25) is 0 Å². The fourth-order valence-electron chi connectivity index (χ4n) is 2.35. The molecule has 1 aliphatic heterocycles. The predicted octanol–water partition coefficient (Wildman–Crippen LogP) is 2.05. The highest BCUT2D eigenvalue weighted by atomic mass is 35.5.